The van der Waals surface area contributed by atoms with Crippen molar-refractivity contribution in [3.8, 4) is 5.75 Å². The van der Waals surface area contributed by atoms with Crippen LogP contribution in [0.5, 0.6) is 5.75 Å². The fraction of sp³-hybridized carbons (Fsp3) is 0.0714. The lowest BCUT2D eigenvalue weighted by atomic mass is 10.2. The number of thiocarbonyl (C=S) groups is 1. The van der Waals surface area contributed by atoms with Crippen LogP contribution in [0, 0.1) is 5.82 Å². The molecule has 0 aromatic heterocycles. The predicted molar refractivity (Wildman–Crippen MR) is 83.1 cm³/mol. The van der Waals surface area contributed by atoms with Crippen molar-refractivity contribution in [2.24, 2.45) is 5.73 Å². The lowest BCUT2D eigenvalue weighted by Crippen LogP contribution is -2.12. The second kappa shape index (κ2) is 6.39. The van der Waals surface area contributed by atoms with Crippen molar-refractivity contribution in [2.45, 2.75) is 6.61 Å². The molecule has 2 aromatic carbocycles. The van der Waals surface area contributed by atoms with E-state index >= 15 is 0 Å². The minimum Gasteiger partial charge on any atom is -0.488 e. The van der Waals surface area contributed by atoms with Crippen molar-refractivity contribution in [2.75, 3.05) is 0 Å². The summed E-state index contributed by atoms with van der Waals surface area (Å²) in [6.45, 7) is -0.0402. The zero-order valence-corrected chi connectivity index (χ0v) is 12.5. The molecule has 0 saturated heterocycles. The summed E-state index contributed by atoms with van der Waals surface area (Å²) in [6.07, 6.45) is 0. The first-order valence-electron chi connectivity index (χ1n) is 5.64. The summed E-state index contributed by atoms with van der Waals surface area (Å²) in [5.41, 5.74) is 6.31. The summed E-state index contributed by atoms with van der Waals surface area (Å²) in [7, 11) is 0. The van der Waals surface area contributed by atoms with Crippen LogP contribution < -0.4 is 10.5 Å². The molecule has 104 valence electrons. The van der Waals surface area contributed by atoms with Crippen molar-refractivity contribution in [1.29, 1.82) is 0 Å². The van der Waals surface area contributed by atoms with Crippen LogP contribution in [0.3, 0.4) is 0 Å². The van der Waals surface area contributed by atoms with Crippen LogP contribution in [0.4, 0.5) is 4.39 Å². The lowest BCUT2D eigenvalue weighted by molar-refractivity contribution is 0.299. The molecule has 0 radical (unpaired) electrons. The standard InChI is InChI=1S/C14H10Cl2FNOS/c15-9-3-1-5-11(17)8(9)7-19-12-6-2-4-10(16)13(12)14(18)20/h1-6H,7H2,(H2,18,20). The first-order chi connectivity index (χ1) is 9.50. The van der Waals surface area contributed by atoms with Gasteiger partial charge in [0.1, 0.15) is 23.2 Å². The highest BCUT2D eigenvalue weighted by Crippen LogP contribution is 2.28. The number of ether oxygens (including phenoxy) is 1. The average Bonchev–Trinajstić information content (AvgIpc) is 2.37. The van der Waals surface area contributed by atoms with Gasteiger partial charge in [0.2, 0.25) is 0 Å². The number of benzene rings is 2. The molecule has 0 amide bonds. The highest BCUT2D eigenvalue weighted by Gasteiger charge is 2.13. The summed E-state index contributed by atoms with van der Waals surface area (Å²) in [4.78, 5) is 0.116. The number of hydrogen-bond donors (Lipinski definition) is 1. The van der Waals surface area contributed by atoms with Gasteiger partial charge in [-0.25, -0.2) is 4.39 Å². The van der Waals surface area contributed by atoms with Gasteiger partial charge in [0, 0.05) is 5.56 Å². The van der Waals surface area contributed by atoms with E-state index in [0.29, 0.717) is 21.4 Å². The number of hydrogen-bond acceptors (Lipinski definition) is 2. The Labute approximate surface area is 131 Å². The summed E-state index contributed by atoms with van der Waals surface area (Å²) in [5.74, 6) is -0.0410. The first kappa shape index (κ1) is 15.0. The third-order valence-electron chi connectivity index (χ3n) is 2.66. The normalized spacial score (nSPS) is 10.3. The number of rotatable bonds is 4. The molecular weight excluding hydrogens is 320 g/mol. The third-order valence-corrected chi connectivity index (χ3v) is 3.53. The SMILES string of the molecule is NC(=S)c1c(Cl)cccc1OCc1c(F)cccc1Cl. The molecule has 0 aliphatic carbocycles. The molecule has 0 atom stereocenters. The van der Waals surface area contributed by atoms with Crippen LogP contribution in [0.1, 0.15) is 11.1 Å². The van der Waals surface area contributed by atoms with E-state index in [1.54, 1.807) is 24.3 Å². The summed E-state index contributed by atoms with van der Waals surface area (Å²) >= 11 is 16.9. The quantitative estimate of drug-likeness (QED) is 0.847. The van der Waals surface area contributed by atoms with Gasteiger partial charge in [-0.15, -0.1) is 0 Å². The Morgan fingerprint density at radius 2 is 1.80 bits per heavy atom. The number of halogens is 3. The van der Waals surface area contributed by atoms with Gasteiger partial charge in [-0.2, -0.15) is 0 Å². The fourth-order valence-electron chi connectivity index (χ4n) is 1.68. The van der Waals surface area contributed by atoms with Crippen molar-refractivity contribution < 1.29 is 9.13 Å². The van der Waals surface area contributed by atoms with Crippen molar-refractivity contribution in [1.82, 2.24) is 0 Å². The lowest BCUT2D eigenvalue weighted by Gasteiger charge is -2.13. The van der Waals surface area contributed by atoms with E-state index in [2.05, 4.69) is 0 Å². The first-order valence-corrected chi connectivity index (χ1v) is 6.81. The Hall–Kier alpha value is -1.36. The molecule has 2 aromatic rings. The molecule has 0 heterocycles. The molecule has 0 saturated carbocycles. The summed E-state index contributed by atoms with van der Waals surface area (Å²) in [5, 5.41) is 0.679. The zero-order chi connectivity index (χ0) is 14.7. The molecule has 0 bridgehead atoms. The summed E-state index contributed by atoms with van der Waals surface area (Å²) < 4.78 is 19.2. The molecule has 2 nitrogen and oxygen atoms in total. The van der Waals surface area contributed by atoms with Crippen LogP contribution in [0.2, 0.25) is 10.0 Å². The van der Waals surface area contributed by atoms with E-state index < -0.39 is 5.82 Å². The van der Waals surface area contributed by atoms with Gasteiger partial charge in [0.05, 0.1) is 15.6 Å². The Kier molecular flexibility index (Phi) is 4.81. The molecule has 20 heavy (non-hydrogen) atoms. The van der Waals surface area contributed by atoms with Crippen LogP contribution in [-0.2, 0) is 6.61 Å². The van der Waals surface area contributed by atoms with Gasteiger partial charge in [-0.1, -0.05) is 47.6 Å². The van der Waals surface area contributed by atoms with Gasteiger partial charge in [0.15, 0.2) is 0 Å². The molecule has 0 fully saturated rings. The van der Waals surface area contributed by atoms with E-state index in [4.69, 9.17) is 45.9 Å². The predicted octanol–water partition coefficient (Wildman–Crippen LogP) is 4.35. The van der Waals surface area contributed by atoms with Crippen LogP contribution in [0.25, 0.3) is 0 Å². The van der Waals surface area contributed by atoms with Gasteiger partial charge in [0.25, 0.3) is 0 Å². The molecular formula is C14H10Cl2FNOS. The van der Waals surface area contributed by atoms with E-state index in [1.807, 2.05) is 0 Å². The largest absolute Gasteiger partial charge is 0.488 e. The smallest absolute Gasteiger partial charge is 0.131 e. The zero-order valence-electron chi connectivity index (χ0n) is 10.2. The molecule has 2 N–H and O–H groups in total. The molecule has 0 spiro atoms. The van der Waals surface area contributed by atoms with Crippen molar-refractivity contribution in [3.63, 3.8) is 0 Å². The summed E-state index contributed by atoms with van der Waals surface area (Å²) in [6, 6.07) is 9.45. The second-order valence-electron chi connectivity index (χ2n) is 3.97. The molecule has 2 rings (SSSR count). The molecule has 0 aliphatic heterocycles. The topological polar surface area (TPSA) is 35.2 Å². The maximum atomic E-state index is 13.7. The maximum Gasteiger partial charge on any atom is 0.131 e. The Balaban J connectivity index is 2.28. The molecule has 0 unspecified atom stereocenters. The van der Waals surface area contributed by atoms with E-state index in [1.165, 1.54) is 12.1 Å². The minimum absolute atomic E-state index is 0.0402. The highest BCUT2D eigenvalue weighted by atomic mass is 35.5. The highest BCUT2D eigenvalue weighted by molar-refractivity contribution is 7.80. The second-order valence-corrected chi connectivity index (χ2v) is 5.22. The van der Waals surface area contributed by atoms with Crippen molar-refractivity contribution >= 4 is 40.4 Å². The van der Waals surface area contributed by atoms with Crippen LogP contribution in [-0.4, -0.2) is 4.99 Å². The van der Waals surface area contributed by atoms with E-state index in [9.17, 15) is 4.39 Å². The van der Waals surface area contributed by atoms with Gasteiger partial charge >= 0.3 is 0 Å². The van der Waals surface area contributed by atoms with E-state index in [0.717, 1.165) is 0 Å². The monoisotopic (exact) mass is 329 g/mol. The minimum atomic E-state index is -0.434. The van der Waals surface area contributed by atoms with Crippen LogP contribution >= 0.6 is 35.4 Å². The fourth-order valence-corrected chi connectivity index (χ4v) is 2.44. The maximum absolute atomic E-state index is 13.7. The number of nitrogens with two attached hydrogens (primary N) is 1. The van der Waals surface area contributed by atoms with Gasteiger partial charge in [-0.3, -0.25) is 0 Å². The Morgan fingerprint density at radius 3 is 2.45 bits per heavy atom. The molecule has 0 aliphatic rings. The molecule has 6 heteroatoms. The van der Waals surface area contributed by atoms with Crippen molar-refractivity contribution in [3.05, 3.63) is 63.4 Å². The third kappa shape index (κ3) is 3.20. The van der Waals surface area contributed by atoms with E-state index in [-0.39, 0.29) is 17.2 Å². The van der Waals surface area contributed by atoms with Crippen LogP contribution in [0.15, 0.2) is 36.4 Å². The van der Waals surface area contributed by atoms with Gasteiger partial charge in [-0.05, 0) is 24.3 Å². The van der Waals surface area contributed by atoms with Gasteiger partial charge < -0.3 is 10.5 Å². The average molecular weight is 330 g/mol. The Bertz CT molecular complexity index is 643. The Morgan fingerprint density at radius 1 is 1.15 bits per heavy atom.